The Bertz CT molecular complexity index is 493. The molecule has 0 radical (unpaired) electrons. The van der Waals surface area contributed by atoms with Gasteiger partial charge in [0.15, 0.2) is 0 Å². The Balaban J connectivity index is 1.69. The van der Waals surface area contributed by atoms with Gasteiger partial charge in [0.05, 0.1) is 7.11 Å². The summed E-state index contributed by atoms with van der Waals surface area (Å²) in [6.45, 7) is 8.19. The first kappa shape index (κ1) is 12.2. The molecule has 19 heavy (non-hydrogen) atoms. The number of rotatable bonds is 3. The zero-order chi connectivity index (χ0) is 13.2. The van der Waals surface area contributed by atoms with Gasteiger partial charge in [-0.3, -0.25) is 0 Å². The molecule has 3 nitrogen and oxygen atoms in total. The van der Waals surface area contributed by atoms with Gasteiger partial charge in [0.25, 0.3) is 0 Å². The van der Waals surface area contributed by atoms with Gasteiger partial charge in [0.2, 0.25) is 0 Å². The van der Waals surface area contributed by atoms with Crippen LogP contribution in [-0.4, -0.2) is 38.2 Å². The van der Waals surface area contributed by atoms with Crippen LogP contribution in [0.25, 0.3) is 0 Å². The summed E-state index contributed by atoms with van der Waals surface area (Å²) < 4.78 is 5.30. The number of anilines is 1. The van der Waals surface area contributed by atoms with Gasteiger partial charge >= 0.3 is 0 Å². The molecule has 2 saturated heterocycles. The van der Waals surface area contributed by atoms with E-state index in [1.54, 1.807) is 7.11 Å². The van der Waals surface area contributed by atoms with Crippen LogP contribution < -0.4 is 9.64 Å². The van der Waals surface area contributed by atoms with Crippen molar-refractivity contribution in [2.45, 2.75) is 0 Å². The van der Waals surface area contributed by atoms with E-state index in [1.165, 1.54) is 5.69 Å². The molecule has 0 N–H and O–H groups in total. The van der Waals surface area contributed by atoms with Crippen LogP contribution in [0.4, 0.5) is 5.69 Å². The van der Waals surface area contributed by atoms with Crippen LogP contribution in [-0.2, 0) is 0 Å². The molecule has 0 amide bonds. The fraction of sp³-hybridized carbons (Fsp3) is 0.438. The molecule has 0 saturated carbocycles. The third kappa shape index (κ3) is 2.34. The van der Waals surface area contributed by atoms with Gasteiger partial charge in [-0.15, -0.1) is 5.73 Å². The lowest BCUT2D eigenvalue weighted by Gasteiger charge is -2.22. The zero-order valence-corrected chi connectivity index (χ0v) is 11.4. The molecule has 2 aliphatic rings. The Morgan fingerprint density at radius 3 is 2.63 bits per heavy atom. The molecule has 2 atom stereocenters. The lowest BCUT2D eigenvalue weighted by atomic mass is 10.0. The molecule has 1 aromatic rings. The smallest absolute Gasteiger partial charge is 0.120 e. The largest absolute Gasteiger partial charge is 0.497 e. The van der Waals surface area contributed by atoms with Crippen molar-refractivity contribution in [3.05, 3.63) is 42.8 Å². The molecular formula is C16H20N2O. The lowest BCUT2D eigenvalue weighted by Crippen LogP contribution is -2.26. The zero-order valence-electron chi connectivity index (χ0n) is 11.4. The topological polar surface area (TPSA) is 15.7 Å². The Hall–Kier alpha value is -1.86. The Morgan fingerprint density at radius 2 is 2.00 bits per heavy atom. The highest BCUT2D eigenvalue weighted by Crippen LogP contribution is 2.34. The monoisotopic (exact) mass is 256 g/mol. The number of hydrogen-bond donors (Lipinski definition) is 0. The van der Waals surface area contributed by atoms with Gasteiger partial charge in [-0.1, -0.05) is 12.6 Å². The fourth-order valence-corrected chi connectivity index (χ4v) is 3.28. The first-order valence-electron chi connectivity index (χ1n) is 6.79. The molecule has 100 valence electrons. The van der Waals surface area contributed by atoms with Crippen LogP contribution in [0.5, 0.6) is 5.75 Å². The number of fused-ring (bicyclic) bond motifs is 1. The molecule has 2 aliphatic heterocycles. The average Bonchev–Trinajstić information content (AvgIpc) is 2.97. The highest BCUT2D eigenvalue weighted by Gasteiger charge is 2.39. The summed E-state index contributed by atoms with van der Waals surface area (Å²) in [7, 11) is 1.72. The van der Waals surface area contributed by atoms with E-state index < -0.39 is 0 Å². The molecule has 0 spiro atoms. The van der Waals surface area contributed by atoms with Crippen LogP contribution in [0.1, 0.15) is 0 Å². The summed E-state index contributed by atoms with van der Waals surface area (Å²) in [5.41, 5.74) is 4.16. The van der Waals surface area contributed by atoms with Crippen molar-refractivity contribution < 1.29 is 4.74 Å². The standard InChI is InChI=1S/C16H20N2O/c1-3-7-17-9-13-11-18(12-14(13)10-17)15-5-4-6-16(8-15)19-2/h4-8,13-14H,1,9-12H2,2H3/t13-,14+. The molecule has 0 unspecified atom stereocenters. The minimum absolute atomic E-state index is 0.760. The van der Waals surface area contributed by atoms with Crippen LogP contribution in [0.2, 0.25) is 0 Å². The van der Waals surface area contributed by atoms with Gasteiger partial charge in [0.1, 0.15) is 5.75 Å². The van der Waals surface area contributed by atoms with E-state index in [0.717, 1.165) is 43.8 Å². The fourth-order valence-electron chi connectivity index (χ4n) is 3.28. The maximum Gasteiger partial charge on any atom is 0.120 e. The maximum absolute atomic E-state index is 5.30. The predicted molar refractivity (Wildman–Crippen MR) is 77.5 cm³/mol. The molecule has 2 heterocycles. The number of nitrogens with zero attached hydrogens (tertiary/aromatic N) is 2. The van der Waals surface area contributed by atoms with Gasteiger partial charge in [-0.25, -0.2) is 0 Å². The van der Waals surface area contributed by atoms with E-state index in [4.69, 9.17) is 4.74 Å². The summed E-state index contributed by atoms with van der Waals surface area (Å²) in [5.74, 6) is 2.46. The summed E-state index contributed by atoms with van der Waals surface area (Å²) in [5, 5.41) is 0. The third-order valence-corrected chi connectivity index (χ3v) is 4.21. The minimum Gasteiger partial charge on any atom is -0.497 e. The van der Waals surface area contributed by atoms with Crippen LogP contribution in [0.3, 0.4) is 0 Å². The third-order valence-electron chi connectivity index (χ3n) is 4.21. The van der Waals surface area contributed by atoms with E-state index in [2.05, 4.69) is 40.3 Å². The normalized spacial score (nSPS) is 25.1. The number of methoxy groups -OCH3 is 1. The van der Waals surface area contributed by atoms with E-state index in [9.17, 15) is 0 Å². The summed E-state index contributed by atoms with van der Waals surface area (Å²) in [6.07, 6.45) is 1.99. The first-order chi connectivity index (χ1) is 9.30. The van der Waals surface area contributed by atoms with Gasteiger partial charge in [0, 0.05) is 56.0 Å². The van der Waals surface area contributed by atoms with Gasteiger partial charge < -0.3 is 14.5 Å². The second kappa shape index (κ2) is 5.02. The van der Waals surface area contributed by atoms with E-state index in [-0.39, 0.29) is 0 Å². The van der Waals surface area contributed by atoms with Crippen molar-refractivity contribution in [2.24, 2.45) is 11.8 Å². The van der Waals surface area contributed by atoms with Crippen molar-refractivity contribution >= 4 is 5.69 Å². The quantitative estimate of drug-likeness (QED) is 0.772. The summed E-state index contributed by atoms with van der Waals surface area (Å²) in [4.78, 5) is 4.82. The molecule has 3 heteroatoms. The summed E-state index contributed by atoms with van der Waals surface area (Å²) >= 11 is 0. The minimum atomic E-state index is 0.760. The predicted octanol–water partition coefficient (Wildman–Crippen LogP) is 2.36. The second-order valence-corrected chi connectivity index (χ2v) is 5.41. The molecule has 3 rings (SSSR count). The second-order valence-electron chi connectivity index (χ2n) is 5.41. The SMILES string of the molecule is C=C=CN1C[C@@H]2CN(c3cccc(OC)c3)C[C@@H]2C1. The molecule has 2 fully saturated rings. The molecular weight excluding hydrogens is 236 g/mol. The lowest BCUT2D eigenvalue weighted by molar-refractivity contribution is 0.414. The van der Waals surface area contributed by atoms with Crippen molar-refractivity contribution in [1.82, 2.24) is 4.90 Å². The molecule has 0 aromatic heterocycles. The molecule has 1 aromatic carbocycles. The van der Waals surface area contributed by atoms with E-state index in [0.29, 0.717) is 0 Å². The Kier molecular flexibility index (Phi) is 3.22. The highest BCUT2D eigenvalue weighted by molar-refractivity contribution is 5.52. The van der Waals surface area contributed by atoms with Gasteiger partial charge in [-0.2, -0.15) is 0 Å². The average molecular weight is 256 g/mol. The van der Waals surface area contributed by atoms with Crippen molar-refractivity contribution in [3.63, 3.8) is 0 Å². The summed E-state index contributed by atoms with van der Waals surface area (Å²) in [6, 6.07) is 8.36. The van der Waals surface area contributed by atoms with Crippen LogP contribution >= 0.6 is 0 Å². The number of ether oxygens (including phenoxy) is 1. The first-order valence-corrected chi connectivity index (χ1v) is 6.79. The maximum atomic E-state index is 5.30. The van der Waals surface area contributed by atoms with Gasteiger partial charge in [-0.05, 0) is 12.1 Å². The van der Waals surface area contributed by atoms with E-state index in [1.807, 2.05) is 12.3 Å². The molecule has 0 aliphatic carbocycles. The van der Waals surface area contributed by atoms with Crippen LogP contribution in [0, 0.1) is 11.8 Å². The van der Waals surface area contributed by atoms with Crippen LogP contribution in [0.15, 0.2) is 42.8 Å². The van der Waals surface area contributed by atoms with Crippen molar-refractivity contribution in [3.8, 4) is 5.75 Å². The van der Waals surface area contributed by atoms with Crippen molar-refractivity contribution in [2.75, 3.05) is 38.2 Å². The highest BCUT2D eigenvalue weighted by atomic mass is 16.5. The Morgan fingerprint density at radius 1 is 1.26 bits per heavy atom. The molecule has 0 bridgehead atoms. The van der Waals surface area contributed by atoms with Crippen molar-refractivity contribution in [1.29, 1.82) is 0 Å². The Labute approximate surface area is 114 Å². The number of benzene rings is 1. The van der Waals surface area contributed by atoms with E-state index >= 15 is 0 Å². The number of hydrogen-bond acceptors (Lipinski definition) is 3. The number of likely N-dealkylation sites (tertiary alicyclic amines) is 1.